The maximum Gasteiger partial charge on any atom is 0.163 e. The molecule has 3 aromatic rings. The zero-order valence-corrected chi connectivity index (χ0v) is 18.5. The van der Waals surface area contributed by atoms with E-state index < -0.39 is 0 Å². The summed E-state index contributed by atoms with van der Waals surface area (Å²) < 4.78 is 18.9. The molecule has 32 heavy (non-hydrogen) atoms. The van der Waals surface area contributed by atoms with E-state index in [1.807, 2.05) is 23.0 Å². The number of methoxy groups -OCH3 is 1. The van der Waals surface area contributed by atoms with E-state index in [9.17, 15) is 0 Å². The zero-order valence-electron chi connectivity index (χ0n) is 18.5. The third-order valence-corrected chi connectivity index (χ3v) is 6.06. The zero-order chi connectivity index (χ0) is 21.8. The second-order valence-electron chi connectivity index (χ2n) is 8.43. The molecule has 0 aliphatic carbocycles. The molecule has 2 aliphatic rings. The summed E-state index contributed by atoms with van der Waals surface area (Å²) in [5.74, 6) is 2.57. The van der Waals surface area contributed by atoms with Crippen molar-refractivity contribution in [3.8, 4) is 17.2 Å². The molecule has 7 heteroatoms. The highest BCUT2D eigenvalue weighted by Crippen LogP contribution is 2.33. The maximum atomic E-state index is 5.73. The summed E-state index contributed by atoms with van der Waals surface area (Å²) in [4.78, 5) is 2.53. The number of aromatic nitrogens is 2. The van der Waals surface area contributed by atoms with E-state index in [4.69, 9.17) is 14.2 Å². The van der Waals surface area contributed by atoms with Crippen molar-refractivity contribution in [1.29, 1.82) is 0 Å². The van der Waals surface area contributed by atoms with Crippen molar-refractivity contribution in [3.05, 3.63) is 66.0 Å². The van der Waals surface area contributed by atoms with E-state index in [0.29, 0.717) is 25.8 Å². The Balaban J connectivity index is 1.23. The highest BCUT2D eigenvalue weighted by Gasteiger charge is 2.21. The van der Waals surface area contributed by atoms with Gasteiger partial charge in [-0.15, -0.1) is 0 Å². The lowest BCUT2D eigenvalue weighted by atomic mass is 10.0. The average molecular weight is 435 g/mol. The first-order chi connectivity index (χ1) is 15.8. The predicted molar refractivity (Wildman–Crippen MR) is 124 cm³/mol. The quantitative estimate of drug-likeness (QED) is 0.611. The van der Waals surface area contributed by atoms with Crippen molar-refractivity contribution in [2.24, 2.45) is 0 Å². The summed E-state index contributed by atoms with van der Waals surface area (Å²) in [7, 11) is 1.72. The lowest BCUT2D eigenvalue weighted by Crippen LogP contribution is -2.41. The summed E-state index contributed by atoms with van der Waals surface area (Å²) in [5, 5.41) is 8.03. The van der Waals surface area contributed by atoms with Gasteiger partial charge in [0.2, 0.25) is 0 Å². The molecule has 1 fully saturated rings. The van der Waals surface area contributed by atoms with Crippen LogP contribution in [-0.2, 0) is 13.1 Å². The Bertz CT molecular complexity index is 1040. The van der Waals surface area contributed by atoms with Crippen LogP contribution in [-0.4, -0.2) is 54.1 Å². The summed E-state index contributed by atoms with van der Waals surface area (Å²) in [6, 6.07) is 15.0. The average Bonchev–Trinajstić information content (AvgIpc) is 3.33. The Hall–Kier alpha value is -3.19. The van der Waals surface area contributed by atoms with Gasteiger partial charge in [0.1, 0.15) is 19.0 Å². The number of nitrogens with one attached hydrogen (secondary N) is 1. The van der Waals surface area contributed by atoms with Gasteiger partial charge in [-0.2, -0.15) is 5.10 Å². The van der Waals surface area contributed by atoms with Crippen LogP contribution in [0.5, 0.6) is 17.2 Å². The van der Waals surface area contributed by atoms with Crippen molar-refractivity contribution in [3.63, 3.8) is 0 Å². The molecule has 1 atom stereocenters. The topological polar surface area (TPSA) is 60.8 Å². The highest BCUT2D eigenvalue weighted by atomic mass is 16.6. The van der Waals surface area contributed by atoms with Crippen LogP contribution in [0.4, 0.5) is 5.69 Å². The van der Waals surface area contributed by atoms with Gasteiger partial charge < -0.3 is 19.5 Å². The van der Waals surface area contributed by atoms with Crippen LogP contribution in [0.2, 0.25) is 0 Å². The van der Waals surface area contributed by atoms with E-state index in [0.717, 1.165) is 54.6 Å². The molecule has 0 radical (unpaired) electrons. The van der Waals surface area contributed by atoms with Crippen LogP contribution in [0.25, 0.3) is 0 Å². The van der Waals surface area contributed by atoms with Crippen molar-refractivity contribution in [2.45, 2.75) is 32.0 Å². The van der Waals surface area contributed by atoms with E-state index >= 15 is 0 Å². The van der Waals surface area contributed by atoms with Gasteiger partial charge in [-0.05, 0) is 55.3 Å². The number of hydrogen-bond acceptors (Lipinski definition) is 6. The Labute approximate surface area is 188 Å². The molecule has 1 unspecified atom stereocenters. The molecule has 0 saturated carbocycles. The maximum absolute atomic E-state index is 5.73. The molecule has 168 valence electrons. The Morgan fingerprint density at radius 2 is 2.00 bits per heavy atom. The van der Waals surface area contributed by atoms with Crippen LogP contribution >= 0.6 is 0 Å². The third kappa shape index (κ3) is 4.83. The lowest BCUT2D eigenvalue weighted by Gasteiger charge is -2.34. The minimum absolute atomic E-state index is 0.410. The third-order valence-electron chi connectivity index (χ3n) is 6.06. The number of ether oxygens (including phenoxy) is 3. The molecule has 5 rings (SSSR count). The number of fused-ring (bicyclic) bond motifs is 1. The molecule has 3 heterocycles. The van der Waals surface area contributed by atoms with Crippen LogP contribution in [0.15, 0.2) is 54.9 Å². The van der Waals surface area contributed by atoms with Gasteiger partial charge in [0.15, 0.2) is 11.5 Å². The second-order valence-corrected chi connectivity index (χ2v) is 8.43. The van der Waals surface area contributed by atoms with Gasteiger partial charge >= 0.3 is 0 Å². The van der Waals surface area contributed by atoms with Crippen LogP contribution in [0.3, 0.4) is 0 Å². The number of nitrogens with zero attached hydrogens (tertiary/aromatic N) is 3. The summed E-state index contributed by atoms with van der Waals surface area (Å²) in [5.41, 5.74) is 3.54. The molecule has 0 spiro atoms. The standard InChI is InChI=1S/C25H30N4O3/c1-30-23-7-5-19(14-20(23)17-29-11-3-9-26-29)16-28-10-2-4-22(18-28)27-21-6-8-24-25(15-21)32-13-12-31-24/h3,5-9,11,14-15,22,27H,2,4,10,12-13,16-18H2,1H3. The van der Waals surface area contributed by atoms with E-state index in [2.05, 4.69) is 45.6 Å². The van der Waals surface area contributed by atoms with Crippen LogP contribution in [0, 0.1) is 0 Å². The number of benzene rings is 2. The summed E-state index contributed by atoms with van der Waals surface area (Å²) >= 11 is 0. The number of piperidine rings is 1. The van der Waals surface area contributed by atoms with Crippen LogP contribution in [0.1, 0.15) is 24.0 Å². The number of likely N-dealkylation sites (tertiary alicyclic amines) is 1. The van der Waals surface area contributed by atoms with Gasteiger partial charge in [0, 0.05) is 48.8 Å². The van der Waals surface area contributed by atoms with Crippen molar-refractivity contribution in [2.75, 3.05) is 38.7 Å². The fraction of sp³-hybridized carbons (Fsp3) is 0.400. The van der Waals surface area contributed by atoms with Gasteiger partial charge in [-0.25, -0.2) is 0 Å². The molecule has 7 nitrogen and oxygen atoms in total. The monoisotopic (exact) mass is 434 g/mol. The Kier molecular flexibility index (Phi) is 6.16. The Morgan fingerprint density at radius 3 is 2.84 bits per heavy atom. The van der Waals surface area contributed by atoms with Crippen molar-refractivity contribution in [1.82, 2.24) is 14.7 Å². The largest absolute Gasteiger partial charge is 0.496 e. The summed E-state index contributed by atoms with van der Waals surface area (Å²) in [6.07, 6.45) is 6.13. The molecule has 2 aliphatic heterocycles. The predicted octanol–water partition coefficient (Wildman–Crippen LogP) is 3.79. The molecular formula is C25H30N4O3. The molecule has 2 aromatic carbocycles. The first-order valence-corrected chi connectivity index (χ1v) is 11.3. The fourth-order valence-corrected chi connectivity index (χ4v) is 4.57. The second kappa shape index (κ2) is 9.53. The molecule has 1 saturated heterocycles. The SMILES string of the molecule is COc1ccc(CN2CCCC(Nc3ccc4c(c3)OCCO4)C2)cc1Cn1cccn1. The first-order valence-electron chi connectivity index (χ1n) is 11.3. The van der Waals surface area contributed by atoms with E-state index in [1.54, 1.807) is 13.3 Å². The molecule has 0 bridgehead atoms. The van der Waals surface area contributed by atoms with Gasteiger partial charge in [-0.3, -0.25) is 9.58 Å². The number of rotatable bonds is 7. The van der Waals surface area contributed by atoms with Gasteiger partial charge in [0.25, 0.3) is 0 Å². The molecular weight excluding hydrogens is 404 g/mol. The van der Waals surface area contributed by atoms with Crippen LogP contribution < -0.4 is 19.5 Å². The fourth-order valence-electron chi connectivity index (χ4n) is 4.57. The molecule has 1 aromatic heterocycles. The minimum Gasteiger partial charge on any atom is -0.496 e. The normalized spacial score (nSPS) is 18.3. The minimum atomic E-state index is 0.410. The Morgan fingerprint density at radius 1 is 1.09 bits per heavy atom. The van der Waals surface area contributed by atoms with Gasteiger partial charge in [0.05, 0.1) is 13.7 Å². The molecule has 1 N–H and O–H groups in total. The van der Waals surface area contributed by atoms with E-state index in [-0.39, 0.29) is 0 Å². The van der Waals surface area contributed by atoms with Crippen molar-refractivity contribution >= 4 is 5.69 Å². The lowest BCUT2D eigenvalue weighted by molar-refractivity contribution is 0.171. The first kappa shape index (κ1) is 20.7. The molecule has 0 amide bonds. The number of anilines is 1. The van der Waals surface area contributed by atoms with E-state index in [1.165, 1.54) is 12.0 Å². The highest BCUT2D eigenvalue weighted by molar-refractivity contribution is 5.55. The van der Waals surface area contributed by atoms with Gasteiger partial charge in [-0.1, -0.05) is 6.07 Å². The summed E-state index contributed by atoms with van der Waals surface area (Å²) in [6.45, 7) is 4.98. The smallest absolute Gasteiger partial charge is 0.163 e. The van der Waals surface area contributed by atoms with Crippen molar-refractivity contribution < 1.29 is 14.2 Å². The number of hydrogen-bond donors (Lipinski definition) is 1.